The number of aliphatic hydroxyl groups is 2. The molecule has 2 aliphatic rings. The second kappa shape index (κ2) is 17.4. The van der Waals surface area contributed by atoms with Crippen molar-refractivity contribution in [2.45, 2.75) is 109 Å². The summed E-state index contributed by atoms with van der Waals surface area (Å²) in [5.74, 6) is -0.147. The Morgan fingerprint density at radius 3 is 2.40 bits per heavy atom. The minimum atomic E-state index is -0.994. The van der Waals surface area contributed by atoms with Crippen LogP contribution in [-0.2, 0) is 14.3 Å². The van der Waals surface area contributed by atoms with Gasteiger partial charge < -0.3 is 29.9 Å². The van der Waals surface area contributed by atoms with Crippen molar-refractivity contribution in [1.29, 1.82) is 0 Å². The van der Waals surface area contributed by atoms with Crippen molar-refractivity contribution >= 4 is 11.8 Å². The molecule has 1 aliphatic carbocycles. The molecule has 1 aliphatic heterocycles. The van der Waals surface area contributed by atoms with E-state index >= 15 is 0 Å². The number of rotatable bonds is 19. The summed E-state index contributed by atoms with van der Waals surface area (Å²) in [5.41, 5.74) is 1.31. The number of carbonyl (C=O) groups is 2. The van der Waals surface area contributed by atoms with Gasteiger partial charge in [-0.1, -0.05) is 76.5 Å². The summed E-state index contributed by atoms with van der Waals surface area (Å²) >= 11 is 0. The number of hydrogen-bond acceptors (Lipinski definition) is 6. The minimum Gasteiger partial charge on any atom is -0.486 e. The van der Waals surface area contributed by atoms with Gasteiger partial charge in [-0.25, -0.2) is 0 Å². The van der Waals surface area contributed by atoms with E-state index in [1.165, 1.54) is 38.5 Å². The normalized spacial score (nSPS) is 21.2. The number of nitrogens with zero attached hydrogens (tertiary/aromatic N) is 1. The lowest BCUT2D eigenvalue weighted by Gasteiger charge is -2.41. The number of ether oxygens (including phenoxy) is 2. The van der Waals surface area contributed by atoms with Crippen LogP contribution in [0.15, 0.2) is 35.9 Å². The van der Waals surface area contributed by atoms with Crippen LogP contribution in [0.25, 0.3) is 0 Å². The van der Waals surface area contributed by atoms with Gasteiger partial charge in [-0.3, -0.25) is 9.59 Å². The standard InChI is InChI=1S/C32H50N2O6/c1-3-5-6-7-8-9-10-11-12-18-28(36)34(20-15-22-39-4-2)26-23-25(32(38)33-19-21-35)29-24-16-13-14-17-27(24)40-31(29)30(26)37/h13-14,16-17,23,26,29-31,35,37H,3-12,15,18-22H2,1-2H3,(H,33,38). The number of hydrogen-bond donors (Lipinski definition) is 3. The molecule has 2 amide bonds. The van der Waals surface area contributed by atoms with Gasteiger partial charge in [0.05, 0.1) is 18.6 Å². The fourth-order valence-electron chi connectivity index (χ4n) is 5.84. The number of aliphatic hydroxyl groups excluding tert-OH is 2. The number of benzene rings is 1. The topological polar surface area (TPSA) is 108 Å². The van der Waals surface area contributed by atoms with Crippen LogP contribution in [0.1, 0.15) is 96.0 Å². The van der Waals surface area contributed by atoms with E-state index in [0.29, 0.717) is 43.9 Å². The quantitative estimate of drug-likeness (QED) is 0.216. The lowest BCUT2D eigenvalue weighted by Crippen LogP contribution is -2.56. The van der Waals surface area contributed by atoms with Crippen LogP contribution in [0, 0.1) is 0 Å². The van der Waals surface area contributed by atoms with E-state index in [-0.39, 0.29) is 25.0 Å². The van der Waals surface area contributed by atoms with Gasteiger partial charge in [0, 0.05) is 43.9 Å². The lowest BCUT2D eigenvalue weighted by atomic mass is 9.77. The number of nitrogens with one attached hydrogen (secondary N) is 1. The molecule has 1 aromatic rings. The molecule has 0 spiro atoms. The maximum atomic E-state index is 13.6. The molecule has 40 heavy (non-hydrogen) atoms. The average Bonchev–Trinajstić information content (AvgIpc) is 3.36. The molecule has 224 valence electrons. The van der Waals surface area contributed by atoms with Crippen LogP contribution in [0.2, 0.25) is 0 Å². The van der Waals surface area contributed by atoms with Crippen LogP contribution in [-0.4, -0.2) is 78.1 Å². The Kier molecular flexibility index (Phi) is 14.0. The minimum absolute atomic E-state index is 0.0242. The maximum absolute atomic E-state index is 13.6. The molecule has 0 saturated carbocycles. The van der Waals surface area contributed by atoms with Crippen molar-refractivity contribution in [3.8, 4) is 5.75 Å². The van der Waals surface area contributed by atoms with Crippen LogP contribution < -0.4 is 10.1 Å². The zero-order valence-corrected chi connectivity index (χ0v) is 24.5. The van der Waals surface area contributed by atoms with Crippen molar-refractivity contribution in [2.24, 2.45) is 0 Å². The SMILES string of the molecule is CCCCCCCCCCCC(=O)N(CCCOCC)C1C=C(C(=O)NCCO)C2c3ccccc3OC2C1O. The summed E-state index contributed by atoms with van der Waals surface area (Å²) in [6.45, 7) is 5.65. The fourth-order valence-corrected chi connectivity index (χ4v) is 5.84. The first-order valence-electron chi connectivity index (χ1n) is 15.4. The monoisotopic (exact) mass is 558 g/mol. The molecule has 1 heterocycles. The van der Waals surface area contributed by atoms with Gasteiger partial charge in [0.2, 0.25) is 11.8 Å². The van der Waals surface area contributed by atoms with Crippen molar-refractivity contribution < 1.29 is 29.3 Å². The Labute approximate surface area is 240 Å². The third-order valence-corrected chi connectivity index (χ3v) is 7.94. The lowest BCUT2D eigenvalue weighted by molar-refractivity contribution is -0.137. The third kappa shape index (κ3) is 8.79. The summed E-state index contributed by atoms with van der Waals surface area (Å²) in [7, 11) is 0. The maximum Gasteiger partial charge on any atom is 0.247 e. The third-order valence-electron chi connectivity index (χ3n) is 7.94. The van der Waals surface area contributed by atoms with Crippen molar-refractivity contribution in [3.05, 3.63) is 41.5 Å². The molecule has 0 aromatic heterocycles. The van der Waals surface area contributed by atoms with Gasteiger partial charge >= 0.3 is 0 Å². The fraction of sp³-hybridized carbons (Fsp3) is 0.688. The molecule has 3 N–H and O–H groups in total. The van der Waals surface area contributed by atoms with Crippen molar-refractivity contribution in [3.63, 3.8) is 0 Å². The van der Waals surface area contributed by atoms with Gasteiger partial charge in [0.25, 0.3) is 0 Å². The number of para-hydroxylation sites is 1. The van der Waals surface area contributed by atoms with E-state index in [0.717, 1.165) is 24.8 Å². The average molecular weight is 559 g/mol. The van der Waals surface area contributed by atoms with E-state index in [1.807, 2.05) is 31.2 Å². The first-order chi connectivity index (χ1) is 19.5. The predicted octanol–water partition coefficient (Wildman–Crippen LogP) is 4.49. The van der Waals surface area contributed by atoms with E-state index in [4.69, 9.17) is 9.47 Å². The smallest absolute Gasteiger partial charge is 0.247 e. The van der Waals surface area contributed by atoms with Crippen LogP contribution in [0.5, 0.6) is 5.75 Å². The van der Waals surface area contributed by atoms with E-state index in [1.54, 1.807) is 11.0 Å². The largest absolute Gasteiger partial charge is 0.486 e. The zero-order valence-electron chi connectivity index (χ0n) is 24.5. The second-order valence-corrected chi connectivity index (χ2v) is 10.9. The molecular formula is C32H50N2O6. The van der Waals surface area contributed by atoms with Gasteiger partial charge in [-0.2, -0.15) is 0 Å². The first-order valence-corrected chi connectivity index (χ1v) is 15.4. The zero-order chi connectivity index (χ0) is 28.7. The highest BCUT2D eigenvalue weighted by atomic mass is 16.5. The Morgan fingerprint density at radius 2 is 1.70 bits per heavy atom. The molecular weight excluding hydrogens is 508 g/mol. The molecule has 4 unspecified atom stereocenters. The molecule has 0 saturated heterocycles. The molecule has 8 nitrogen and oxygen atoms in total. The number of fused-ring (bicyclic) bond motifs is 3. The van der Waals surface area contributed by atoms with Gasteiger partial charge in [-0.15, -0.1) is 0 Å². The van der Waals surface area contributed by atoms with Crippen molar-refractivity contribution in [2.75, 3.05) is 32.9 Å². The highest BCUT2D eigenvalue weighted by molar-refractivity contribution is 5.96. The molecule has 8 heteroatoms. The predicted molar refractivity (Wildman–Crippen MR) is 156 cm³/mol. The number of carbonyl (C=O) groups excluding carboxylic acids is 2. The summed E-state index contributed by atoms with van der Waals surface area (Å²) in [6.07, 6.45) is 11.7. The van der Waals surface area contributed by atoms with Crippen LogP contribution >= 0.6 is 0 Å². The summed E-state index contributed by atoms with van der Waals surface area (Å²) < 4.78 is 11.7. The highest BCUT2D eigenvalue weighted by Gasteiger charge is 2.50. The summed E-state index contributed by atoms with van der Waals surface area (Å²) in [5, 5.41) is 23.6. The van der Waals surface area contributed by atoms with Crippen LogP contribution in [0.3, 0.4) is 0 Å². The molecule has 0 bridgehead atoms. The summed E-state index contributed by atoms with van der Waals surface area (Å²) in [6, 6.07) is 6.81. The molecule has 1 aromatic carbocycles. The van der Waals surface area contributed by atoms with E-state index < -0.39 is 24.2 Å². The second-order valence-electron chi connectivity index (χ2n) is 10.9. The van der Waals surface area contributed by atoms with E-state index in [2.05, 4.69) is 12.2 Å². The molecule has 4 atom stereocenters. The number of amides is 2. The summed E-state index contributed by atoms with van der Waals surface area (Å²) in [4.78, 5) is 28.6. The van der Waals surface area contributed by atoms with E-state index in [9.17, 15) is 19.8 Å². The Morgan fingerprint density at radius 1 is 1.00 bits per heavy atom. The number of unbranched alkanes of at least 4 members (excludes halogenated alkanes) is 8. The molecule has 3 rings (SSSR count). The Bertz CT molecular complexity index is 951. The van der Waals surface area contributed by atoms with Crippen LogP contribution in [0.4, 0.5) is 0 Å². The first kappa shape index (κ1) is 32.1. The Balaban J connectivity index is 1.73. The van der Waals surface area contributed by atoms with Crippen molar-refractivity contribution in [1.82, 2.24) is 10.2 Å². The van der Waals surface area contributed by atoms with Gasteiger partial charge in [0.1, 0.15) is 18.0 Å². The van der Waals surface area contributed by atoms with Gasteiger partial charge in [0.15, 0.2) is 0 Å². The molecule has 0 radical (unpaired) electrons. The molecule has 0 fully saturated rings. The Hall–Kier alpha value is -2.42. The highest BCUT2D eigenvalue weighted by Crippen LogP contribution is 2.47. The van der Waals surface area contributed by atoms with Gasteiger partial charge in [-0.05, 0) is 31.9 Å².